The molecule has 1 heterocycles. The molecule has 0 aliphatic rings. The van der Waals surface area contributed by atoms with Crippen LogP contribution in [0.3, 0.4) is 0 Å². The highest BCUT2D eigenvalue weighted by molar-refractivity contribution is 5.80. The summed E-state index contributed by atoms with van der Waals surface area (Å²) < 4.78 is 1.11. The van der Waals surface area contributed by atoms with E-state index in [0.29, 0.717) is 0 Å². The van der Waals surface area contributed by atoms with Gasteiger partial charge in [-0.15, -0.1) is 9.77 Å². The molecule has 0 unspecified atom stereocenters. The summed E-state index contributed by atoms with van der Waals surface area (Å²) in [5.41, 5.74) is 4.05. The molecule has 7 nitrogen and oxygen atoms in total. The first-order valence-corrected chi connectivity index (χ1v) is 6.94. The van der Waals surface area contributed by atoms with Crippen LogP contribution in [0, 0.1) is 0 Å². The molecule has 0 bridgehead atoms. The Balaban J connectivity index is 1.75. The van der Waals surface area contributed by atoms with Crippen molar-refractivity contribution in [2.75, 3.05) is 5.43 Å². The second-order valence-electron chi connectivity index (χ2n) is 4.60. The summed E-state index contributed by atoms with van der Waals surface area (Å²) in [6.07, 6.45) is 3.20. The van der Waals surface area contributed by atoms with Gasteiger partial charge in [0.2, 0.25) is 0 Å². The van der Waals surface area contributed by atoms with Crippen molar-refractivity contribution < 1.29 is 0 Å². The van der Waals surface area contributed by atoms with Gasteiger partial charge in [0.15, 0.2) is 0 Å². The molecule has 0 saturated heterocycles. The molecule has 0 aliphatic heterocycles. The Bertz CT molecular complexity index is 864. The Hall–Kier alpha value is -3.48. The lowest BCUT2D eigenvalue weighted by Crippen LogP contribution is -2.14. The monoisotopic (exact) mass is 306 g/mol. The quantitative estimate of drug-likeness (QED) is 0.557. The van der Waals surface area contributed by atoms with E-state index < -0.39 is 5.69 Å². The number of nitrogens with zero attached hydrogens (tertiary/aromatic N) is 4. The van der Waals surface area contributed by atoms with E-state index in [9.17, 15) is 4.79 Å². The van der Waals surface area contributed by atoms with Crippen molar-refractivity contribution in [3.05, 3.63) is 82.3 Å². The molecule has 3 rings (SSSR count). The van der Waals surface area contributed by atoms with Crippen LogP contribution in [0.1, 0.15) is 11.1 Å². The molecule has 114 valence electrons. The van der Waals surface area contributed by atoms with Crippen LogP contribution in [0.5, 0.6) is 0 Å². The fourth-order valence-corrected chi connectivity index (χ4v) is 1.84. The van der Waals surface area contributed by atoms with E-state index in [2.05, 4.69) is 25.8 Å². The van der Waals surface area contributed by atoms with Crippen molar-refractivity contribution in [1.29, 1.82) is 0 Å². The van der Waals surface area contributed by atoms with Crippen molar-refractivity contribution >= 4 is 18.4 Å². The van der Waals surface area contributed by atoms with E-state index in [1.165, 1.54) is 0 Å². The number of benzene rings is 2. The van der Waals surface area contributed by atoms with Gasteiger partial charge in [-0.3, -0.25) is 0 Å². The predicted molar refractivity (Wildman–Crippen MR) is 89.9 cm³/mol. The molecule has 0 fully saturated rings. The highest BCUT2D eigenvalue weighted by atomic mass is 16.2. The average Bonchev–Trinajstić information content (AvgIpc) is 2.95. The predicted octanol–water partition coefficient (Wildman–Crippen LogP) is 1.90. The second kappa shape index (κ2) is 6.99. The molecule has 0 atom stereocenters. The number of hydrazone groups is 1. The molecule has 23 heavy (non-hydrogen) atoms. The molecule has 0 spiro atoms. The normalized spacial score (nSPS) is 11.3. The molecule has 0 radical (unpaired) electrons. The standard InChI is InChI=1S/C16H14N6O/c23-16-21-20-15(19-17-11-13-7-3-1-4-8-13)22(16)18-12-14-9-5-2-6-10-14/h1-12H,(H,19,20)(H,21,23)/b17-11-,18-12+. The lowest BCUT2D eigenvalue weighted by Gasteiger charge is -1.98. The van der Waals surface area contributed by atoms with Crippen LogP contribution in [0.15, 0.2) is 75.7 Å². The van der Waals surface area contributed by atoms with E-state index in [-0.39, 0.29) is 5.95 Å². The molecule has 2 N–H and O–H groups in total. The Morgan fingerprint density at radius 2 is 1.57 bits per heavy atom. The molecule has 0 amide bonds. The fourth-order valence-electron chi connectivity index (χ4n) is 1.84. The van der Waals surface area contributed by atoms with E-state index in [1.54, 1.807) is 12.4 Å². The van der Waals surface area contributed by atoms with Crippen LogP contribution in [0.4, 0.5) is 5.95 Å². The van der Waals surface area contributed by atoms with Crippen LogP contribution in [0.2, 0.25) is 0 Å². The van der Waals surface area contributed by atoms with Crippen LogP contribution in [-0.2, 0) is 0 Å². The van der Waals surface area contributed by atoms with Gasteiger partial charge in [0.1, 0.15) is 0 Å². The molecule has 0 saturated carbocycles. The molecule has 3 aromatic rings. The van der Waals surface area contributed by atoms with Gasteiger partial charge >= 0.3 is 5.69 Å². The minimum atomic E-state index is -0.449. The zero-order valence-electron chi connectivity index (χ0n) is 12.1. The number of hydrogen-bond donors (Lipinski definition) is 2. The van der Waals surface area contributed by atoms with Crippen LogP contribution in [-0.4, -0.2) is 27.3 Å². The minimum Gasteiger partial charge on any atom is -0.244 e. The summed E-state index contributed by atoms with van der Waals surface area (Å²) in [5, 5.41) is 14.3. The van der Waals surface area contributed by atoms with Gasteiger partial charge in [0.05, 0.1) is 12.4 Å². The zero-order valence-corrected chi connectivity index (χ0v) is 12.1. The third-order valence-electron chi connectivity index (χ3n) is 2.95. The Kier molecular flexibility index (Phi) is 4.39. The van der Waals surface area contributed by atoms with Crippen LogP contribution < -0.4 is 11.1 Å². The maximum absolute atomic E-state index is 11.7. The van der Waals surface area contributed by atoms with Crippen molar-refractivity contribution in [1.82, 2.24) is 14.9 Å². The second-order valence-corrected chi connectivity index (χ2v) is 4.60. The number of aromatic nitrogens is 3. The van der Waals surface area contributed by atoms with E-state index in [4.69, 9.17) is 0 Å². The number of nitrogens with one attached hydrogen (secondary N) is 2. The summed E-state index contributed by atoms with van der Waals surface area (Å²) >= 11 is 0. The van der Waals surface area contributed by atoms with E-state index in [1.807, 2.05) is 60.7 Å². The van der Waals surface area contributed by atoms with Crippen molar-refractivity contribution in [3.63, 3.8) is 0 Å². The van der Waals surface area contributed by atoms with Gasteiger partial charge in [-0.05, 0) is 11.1 Å². The fraction of sp³-hybridized carbons (Fsp3) is 0. The van der Waals surface area contributed by atoms with Gasteiger partial charge in [-0.1, -0.05) is 60.7 Å². The van der Waals surface area contributed by atoms with Crippen LogP contribution >= 0.6 is 0 Å². The van der Waals surface area contributed by atoms with Gasteiger partial charge in [0.25, 0.3) is 5.95 Å². The SMILES string of the molecule is O=c1[nH]nc(N/N=C\c2ccccc2)n1/N=C/c1ccccc1. The third kappa shape index (κ3) is 3.79. The molecule has 1 aromatic heterocycles. The lowest BCUT2D eigenvalue weighted by molar-refractivity contribution is 0.837. The number of rotatable bonds is 5. The Morgan fingerprint density at radius 3 is 2.22 bits per heavy atom. The minimum absolute atomic E-state index is 0.203. The first-order valence-electron chi connectivity index (χ1n) is 6.94. The highest BCUT2D eigenvalue weighted by Gasteiger charge is 2.05. The highest BCUT2D eigenvalue weighted by Crippen LogP contribution is 2.00. The first kappa shape index (κ1) is 14.5. The van der Waals surface area contributed by atoms with Gasteiger partial charge in [-0.25, -0.2) is 15.3 Å². The maximum atomic E-state index is 11.7. The molecule has 7 heteroatoms. The van der Waals surface area contributed by atoms with Crippen LogP contribution in [0.25, 0.3) is 0 Å². The Morgan fingerprint density at radius 1 is 0.957 bits per heavy atom. The topological polar surface area (TPSA) is 87.4 Å². The molecular formula is C16H14N6O. The largest absolute Gasteiger partial charge is 0.365 e. The number of H-pyrrole nitrogens is 1. The van der Waals surface area contributed by atoms with Crippen molar-refractivity contribution in [2.24, 2.45) is 10.2 Å². The summed E-state index contributed by atoms with van der Waals surface area (Å²) in [6.45, 7) is 0. The third-order valence-corrected chi connectivity index (χ3v) is 2.95. The number of anilines is 1. The lowest BCUT2D eigenvalue weighted by atomic mass is 10.2. The summed E-state index contributed by atoms with van der Waals surface area (Å²) in [4.78, 5) is 11.7. The number of hydrogen-bond acceptors (Lipinski definition) is 5. The van der Waals surface area contributed by atoms with Gasteiger partial charge < -0.3 is 0 Å². The summed E-state index contributed by atoms with van der Waals surface area (Å²) in [6, 6.07) is 19.0. The smallest absolute Gasteiger partial charge is 0.244 e. The van der Waals surface area contributed by atoms with Gasteiger partial charge in [0, 0.05) is 0 Å². The zero-order chi connectivity index (χ0) is 15.9. The summed E-state index contributed by atoms with van der Waals surface area (Å²) in [7, 11) is 0. The van der Waals surface area contributed by atoms with E-state index >= 15 is 0 Å². The van der Waals surface area contributed by atoms with Gasteiger partial charge in [-0.2, -0.15) is 10.2 Å². The van der Waals surface area contributed by atoms with Crippen molar-refractivity contribution in [2.45, 2.75) is 0 Å². The summed E-state index contributed by atoms with van der Waals surface area (Å²) in [5.74, 6) is 0.203. The maximum Gasteiger partial charge on any atom is 0.365 e. The first-order chi connectivity index (χ1) is 11.3. The van der Waals surface area contributed by atoms with Crippen molar-refractivity contribution in [3.8, 4) is 0 Å². The molecular weight excluding hydrogens is 292 g/mol. The molecule has 0 aliphatic carbocycles. The molecule has 2 aromatic carbocycles. The van der Waals surface area contributed by atoms with E-state index in [0.717, 1.165) is 15.8 Å². The number of aromatic amines is 1. The Labute approximate surface area is 132 Å². The average molecular weight is 306 g/mol.